The molecule has 8 aromatic carbocycles. The molecule has 1 atom stereocenters. The zero-order valence-corrected chi connectivity index (χ0v) is 30.1. The molecule has 54 heavy (non-hydrogen) atoms. The van der Waals surface area contributed by atoms with Crippen LogP contribution in [0.15, 0.2) is 194 Å². The molecule has 0 N–H and O–H groups in total. The predicted molar refractivity (Wildman–Crippen MR) is 224 cm³/mol. The second-order valence-corrected chi connectivity index (χ2v) is 15.1. The molecule has 0 saturated carbocycles. The van der Waals surface area contributed by atoms with E-state index in [1.807, 2.05) is 54.6 Å². The van der Waals surface area contributed by atoms with Gasteiger partial charge in [-0.25, -0.2) is 9.97 Å². The SMILES string of the molecule is O=[P+]1c2ccccc2-c2c(-c3ccc4ccccc4c3-c3ccc(-c4cc(-c5ccc(-c6ccccc6)cc5)nc(-c5ccccc5)n4)cc3)cccc21. The molecule has 10 rings (SSSR count). The fraction of sp³-hybridized carbons (Fsp3) is 0. The van der Waals surface area contributed by atoms with E-state index < -0.39 is 7.80 Å². The molecule has 252 valence electrons. The molecular weight excluding hydrogens is 676 g/mol. The zero-order chi connectivity index (χ0) is 36.0. The van der Waals surface area contributed by atoms with Crippen molar-refractivity contribution in [1.82, 2.24) is 9.97 Å². The van der Waals surface area contributed by atoms with Crippen molar-refractivity contribution >= 4 is 29.2 Å². The van der Waals surface area contributed by atoms with E-state index in [9.17, 15) is 4.57 Å². The third-order valence-corrected chi connectivity index (χ3v) is 12.0. The topological polar surface area (TPSA) is 42.9 Å². The highest BCUT2D eigenvalue weighted by molar-refractivity contribution is 7.63. The lowest BCUT2D eigenvalue weighted by molar-refractivity contribution is 0.598. The molecule has 4 heteroatoms. The second kappa shape index (κ2) is 13.3. The number of hydrogen-bond acceptors (Lipinski definition) is 3. The quantitative estimate of drug-likeness (QED) is 0.162. The van der Waals surface area contributed by atoms with Crippen molar-refractivity contribution in [2.45, 2.75) is 0 Å². The van der Waals surface area contributed by atoms with Gasteiger partial charge in [0.1, 0.15) is 0 Å². The Morgan fingerprint density at radius 3 is 1.59 bits per heavy atom. The van der Waals surface area contributed by atoms with Crippen LogP contribution in [-0.2, 0) is 4.57 Å². The number of hydrogen-bond donors (Lipinski definition) is 0. The summed E-state index contributed by atoms with van der Waals surface area (Å²) in [5.41, 5.74) is 13.7. The van der Waals surface area contributed by atoms with Crippen molar-refractivity contribution in [3.63, 3.8) is 0 Å². The van der Waals surface area contributed by atoms with Crippen LogP contribution in [0.2, 0.25) is 0 Å². The molecule has 1 aromatic heterocycles. The fourth-order valence-electron chi connectivity index (χ4n) is 7.75. The Balaban J connectivity index is 1.10. The molecule has 1 aliphatic heterocycles. The average Bonchev–Trinajstić information content (AvgIpc) is 3.55. The van der Waals surface area contributed by atoms with Gasteiger partial charge in [0.2, 0.25) is 10.6 Å². The first-order valence-electron chi connectivity index (χ1n) is 18.1. The van der Waals surface area contributed by atoms with Gasteiger partial charge in [0.25, 0.3) is 0 Å². The molecule has 0 saturated heterocycles. The average molecular weight is 708 g/mol. The molecule has 2 heterocycles. The molecule has 0 aliphatic carbocycles. The van der Waals surface area contributed by atoms with Crippen LogP contribution in [0.1, 0.15) is 0 Å². The van der Waals surface area contributed by atoms with E-state index in [4.69, 9.17) is 9.97 Å². The summed E-state index contributed by atoms with van der Waals surface area (Å²) in [6.07, 6.45) is 0. The number of rotatable bonds is 6. The Morgan fingerprint density at radius 2 is 0.870 bits per heavy atom. The number of fused-ring (bicyclic) bond motifs is 4. The molecular formula is C50H32N2OP+. The van der Waals surface area contributed by atoms with Crippen LogP contribution in [-0.4, -0.2) is 9.97 Å². The zero-order valence-electron chi connectivity index (χ0n) is 29.2. The third-order valence-electron chi connectivity index (χ3n) is 10.4. The van der Waals surface area contributed by atoms with Crippen LogP contribution in [0.25, 0.3) is 89.2 Å². The monoisotopic (exact) mass is 707 g/mol. The summed E-state index contributed by atoms with van der Waals surface area (Å²) in [4.78, 5) is 10.2. The van der Waals surface area contributed by atoms with E-state index >= 15 is 0 Å². The maximum atomic E-state index is 13.7. The second-order valence-electron chi connectivity index (χ2n) is 13.6. The molecule has 0 spiro atoms. The minimum absolute atomic E-state index is 0.687. The van der Waals surface area contributed by atoms with Crippen molar-refractivity contribution in [2.75, 3.05) is 0 Å². The standard InChI is InChI=1S/C50H32N2OP/c53-54-46-20-10-9-18-43(46)49-41(19-11-21-47(49)54)42-31-30-35-14-7-8-17-40(35)48(42)38-28-26-37(27-29-38)45-32-44(51-50(52-45)39-15-5-2-6-16-39)36-24-22-34(23-25-36)33-12-3-1-4-13-33/h1-32H/q+1. The molecule has 0 radical (unpaired) electrons. The van der Waals surface area contributed by atoms with Gasteiger partial charge in [-0.15, -0.1) is 0 Å². The van der Waals surface area contributed by atoms with Gasteiger partial charge < -0.3 is 0 Å². The van der Waals surface area contributed by atoms with Gasteiger partial charge in [0.15, 0.2) is 5.82 Å². The normalized spacial score (nSPS) is 12.4. The first kappa shape index (κ1) is 31.9. The minimum Gasteiger partial charge on any atom is -0.228 e. The van der Waals surface area contributed by atoms with Gasteiger partial charge in [-0.2, -0.15) is 0 Å². The summed E-state index contributed by atoms with van der Waals surface area (Å²) in [7, 11) is -1.65. The summed E-state index contributed by atoms with van der Waals surface area (Å²) in [5, 5.41) is 4.16. The van der Waals surface area contributed by atoms with E-state index in [-0.39, 0.29) is 0 Å². The maximum absolute atomic E-state index is 13.7. The van der Waals surface area contributed by atoms with Crippen molar-refractivity contribution in [3.05, 3.63) is 194 Å². The number of aromatic nitrogens is 2. The Labute approximate surface area is 315 Å². The number of benzene rings is 8. The molecule has 0 fully saturated rings. The van der Waals surface area contributed by atoms with Crippen LogP contribution < -0.4 is 10.6 Å². The van der Waals surface area contributed by atoms with E-state index in [2.05, 4.69) is 140 Å². The summed E-state index contributed by atoms with van der Waals surface area (Å²) >= 11 is 0. The molecule has 1 aliphatic rings. The van der Waals surface area contributed by atoms with Crippen LogP contribution in [0.3, 0.4) is 0 Å². The molecule has 0 bridgehead atoms. The van der Waals surface area contributed by atoms with E-state index in [0.29, 0.717) is 5.82 Å². The van der Waals surface area contributed by atoms with Gasteiger partial charge in [-0.3, -0.25) is 0 Å². The van der Waals surface area contributed by atoms with E-state index in [0.717, 1.165) is 72.1 Å². The van der Waals surface area contributed by atoms with Gasteiger partial charge >= 0.3 is 7.80 Å². The Morgan fingerprint density at radius 1 is 0.352 bits per heavy atom. The number of nitrogens with zero attached hydrogens (tertiary/aromatic N) is 2. The highest BCUT2D eigenvalue weighted by Crippen LogP contribution is 2.46. The Bertz CT molecular complexity index is 2870. The predicted octanol–water partition coefficient (Wildman–Crippen LogP) is 12.4. The van der Waals surface area contributed by atoms with Crippen molar-refractivity contribution in [1.29, 1.82) is 0 Å². The summed E-state index contributed by atoms with van der Waals surface area (Å²) in [6.45, 7) is 0. The molecule has 3 nitrogen and oxygen atoms in total. The first-order valence-corrected chi connectivity index (χ1v) is 19.4. The highest BCUT2D eigenvalue weighted by Gasteiger charge is 2.40. The van der Waals surface area contributed by atoms with E-state index in [1.54, 1.807) is 0 Å². The summed E-state index contributed by atoms with van der Waals surface area (Å²) in [5.74, 6) is 0.687. The van der Waals surface area contributed by atoms with Gasteiger partial charge in [-0.05, 0) is 68.4 Å². The maximum Gasteiger partial charge on any atom is 0.416 e. The Kier molecular flexibility index (Phi) is 7.86. The summed E-state index contributed by atoms with van der Waals surface area (Å²) < 4.78 is 13.7. The molecule has 0 amide bonds. The largest absolute Gasteiger partial charge is 0.416 e. The lowest BCUT2D eigenvalue weighted by atomic mass is 9.86. The molecule has 1 unspecified atom stereocenters. The Hall–Kier alpha value is -6.80. The van der Waals surface area contributed by atoms with Crippen LogP contribution in [0.5, 0.6) is 0 Å². The van der Waals surface area contributed by atoms with Gasteiger partial charge in [-0.1, -0.05) is 174 Å². The van der Waals surface area contributed by atoms with Gasteiger partial charge in [0, 0.05) is 27.8 Å². The first-order chi connectivity index (χ1) is 26.7. The van der Waals surface area contributed by atoms with Crippen LogP contribution in [0.4, 0.5) is 0 Å². The van der Waals surface area contributed by atoms with Gasteiger partial charge in [0.05, 0.1) is 11.4 Å². The smallest absolute Gasteiger partial charge is 0.228 e. The van der Waals surface area contributed by atoms with Crippen molar-refractivity contribution < 1.29 is 4.57 Å². The van der Waals surface area contributed by atoms with Crippen LogP contribution >= 0.6 is 7.80 Å². The van der Waals surface area contributed by atoms with Crippen molar-refractivity contribution in [2.24, 2.45) is 0 Å². The lowest BCUT2D eigenvalue weighted by Gasteiger charge is -2.16. The lowest BCUT2D eigenvalue weighted by Crippen LogP contribution is -1.99. The fourth-order valence-corrected chi connectivity index (χ4v) is 9.30. The minimum atomic E-state index is -1.65. The van der Waals surface area contributed by atoms with E-state index in [1.165, 1.54) is 21.9 Å². The van der Waals surface area contributed by atoms with Crippen molar-refractivity contribution in [3.8, 4) is 78.4 Å². The highest BCUT2D eigenvalue weighted by atomic mass is 31.1. The summed E-state index contributed by atoms with van der Waals surface area (Å²) in [6, 6.07) is 67.4. The molecule has 9 aromatic rings. The van der Waals surface area contributed by atoms with Crippen LogP contribution in [0, 0.1) is 0 Å². The third kappa shape index (κ3) is 5.54.